The highest BCUT2D eigenvalue weighted by molar-refractivity contribution is 5.72. The average Bonchev–Trinajstić information content (AvgIpc) is 2.15. The zero-order valence-electron chi connectivity index (χ0n) is 11.7. The van der Waals surface area contributed by atoms with Crippen LogP contribution in [0.25, 0.3) is 0 Å². The van der Waals surface area contributed by atoms with Gasteiger partial charge >= 0.3 is 11.9 Å². The van der Waals surface area contributed by atoms with E-state index < -0.39 is 11.7 Å². The van der Waals surface area contributed by atoms with Crippen molar-refractivity contribution in [2.24, 2.45) is 11.3 Å². The first-order valence-corrected chi connectivity index (χ1v) is 6.08. The molecule has 0 amide bonds. The summed E-state index contributed by atoms with van der Waals surface area (Å²) in [7, 11) is 0. The minimum absolute atomic E-state index is 0.232. The predicted octanol–water partition coefficient (Wildman–Crippen LogP) is 2.90. The van der Waals surface area contributed by atoms with Crippen molar-refractivity contribution in [3.8, 4) is 0 Å². The standard InChI is InChI=1S/C13H24O4/c1-7-8-10(14)16-12(13(4,5)6)17-11(15)9(2)3/h9,12H,7-8H2,1-6H3. The van der Waals surface area contributed by atoms with Crippen LogP contribution in [0.1, 0.15) is 54.4 Å². The van der Waals surface area contributed by atoms with Gasteiger partial charge in [-0.05, 0) is 6.42 Å². The SMILES string of the molecule is CCCC(=O)OC(OC(=O)C(C)C)C(C)(C)C. The van der Waals surface area contributed by atoms with E-state index in [0.29, 0.717) is 12.8 Å². The third kappa shape index (κ3) is 6.29. The van der Waals surface area contributed by atoms with Crippen LogP contribution in [0.2, 0.25) is 0 Å². The molecule has 0 aromatic rings. The topological polar surface area (TPSA) is 52.6 Å². The van der Waals surface area contributed by atoms with Crippen molar-refractivity contribution in [3.63, 3.8) is 0 Å². The van der Waals surface area contributed by atoms with E-state index in [0.717, 1.165) is 0 Å². The zero-order chi connectivity index (χ0) is 13.6. The van der Waals surface area contributed by atoms with Crippen LogP contribution >= 0.6 is 0 Å². The minimum atomic E-state index is -0.823. The van der Waals surface area contributed by atoms with Gasteiger partial charge in [0.15, 0.2) is 0 Å². The lowest BCUT2D eigenvalue weighted by Gasteiger charge is -2.30. The average molecular weight is 244 g/mol. The summed E-state index contributed by atoms with van der Waals surface area (Å²) in [5.41, 5.74) is -0.423. The molecule has 0 fully saturated rings. The molecule has 0 heterocycles. The number of carbonyl (C=O) groups excluding carboxylic acids is 2. The first-order chi connectivity index (χ1) is 7.68. The summed E-state index contributed by atoms with van der Waals surface area (Å²) < 4.78 is 10.4. The maximum absolute atomic E-state index is 11.5. The molecule has 1 unspecified atom stereocenters. The van der Waals surface area contributed by atoms with Gasteiger partial charge in [0.1, 0.15) is 0 Å². The van der Waals surface area contributed by atoms with Crippen molar-refractivity contribution >= 4 is 11.9 Å². The van der Waals surface area contributed by atoms with Crippen LogP contribution in [0.15, 0.2) is 0 Å². The first kappa shape index (κ1) is 15.9. The Labute approximate surface area is 104 Å². The molecular weight excluding hydrogens is 220 g/mol. The molecule has 0 aliphatic heterocycles. The maximum atomic E-state index is 11.5. The maximum Gasteiger partial charge on any atom is 0.311 e. The summed E-state index contributed by atoms with van der Waals surface area (Å²) in [6.45, 7) is 11.0. The fourth-order valence-corrected chi connectivity index (χ4v) is 1.00. The number of rotatable bonds is 5. The van der Waals surface area contributed by atoms with E-state index in [9.17, 15) is 9.59 Å². The van der Waals surface area contributed by atoms with E-state index in [1.165, 1.54) is 0 Å². The van der Waals surface area contributed by atoms with E-state index in [2.05, 4.69) is 0 Å². The molecule has 0 spiro atoms. The highest BCUT2D eigenvalue weighted by Crippen LogP contribution is 2.24. The van der Waals surface area contributed by atoms with Gasteiger partial charge in [0.2, 0.25) is 0 Å². The number of esters is 2. The summed E-state index contributed by atoms with van der Waals surface area (Å²) in [5.74, 6) is -0.914. The number of ether oxygens (including phenoxy) is 2. The van der Waals surface area contributed by atoms with Gasteiger partial charge in [-0.2, -0.15) is 0 Å². The summed E-state index contributed by atoms with van der Waals surface area (Å²) in [5, 5.41) is 0. The molecule has 0 rings (SSSR count). The molecule has 100 valence electrons. The van der Waals surface area contributed by atoms with Crippen molar-refractivity contribution in [3.05, 3.63) is 0 Å². The van der Waals surface area contributed by atoms with Gasteiger partial charge in [-0.15, -0.1) is 0 Å². The van der Waals surface area contributed by atoms with Gasteiger partial charge in [0.05, 0.1) is 5.92 Å². The van der Waals surface area contributed by atoms with E-state index >= 15 is 0 Å². The van der Waals surface area contributed by atoms with Crippen molar-refractivity contribution in [1.29, 1.82) is 0 Å². The highest BCUT2D eigenvalue weighted by Gasteiger charge is 2.32. The van der Waals surface area contributed by atoms with Gasteiger partial charge in [0, 0.05) is 11.8 Å². The van der Waals surface area contributed by atoms with Gasteiger partial charge < -0.3 is 9.47 Å². The molecule has 0 aliphatic carbocycles. The minimum Gasteiger partial charge on any atom is -0.425 e. The fraction of sp³-hybridized carbons (Fsp3) is 0.846. The monoisotopic (exact) mass is 244 g/mol. The molecule has 0 radical (unpaired) electrons. The molecule has 17 heavy (non-hydrogen) atoms. The van der Waals surface area contributed by atoms with E-state index in [1.807, 2.05) is 27.7 Å². The van der Waals surface area contributed by atoms with Crippen LogP contribution in [0, 0.1) is 11.3 Å². The molecule has 1 atom stereocenters. The second kappa shape index (κ2) is 6.62. The van der Waals surface area contributed by atoms with Crippen molar-refractivity contribution < 1.29 is 19.1 Å². The van der Waals surface area contributed by atoms with Gasteiger partial charge in [0.25, 0.3) is 6.29 Å². The van der Waals surface area contributed by atoms with Crippen LogP contribution in [0.3, 0.4) is 0 Å². The number of hydrogen-bond acceptors (Lipinski definition) is 4. The number of hydrogen-bond donors (Lipinski definition) is 0. The molecule has 4 heteroatoms. The Kier molecular flexibility index (Phi) is 6.21. The Hall–Kier alpha value is -1.06. The molecular formula is C13H24O4. The molecule has 4 nitrogen and oxygen atoms in total. The summed E-state index contributed by atoms with van der Waals surface area (Å²) in [6.07, 6.45) is 0.232. The molecule has 0 saturated carbocycles. The third-order valence-corrected chi connectivity index (χ3v) is 2.09. The molecule has 0 aromatic carbocycles. The second-order valence-corrected chi connectivity index (χ2v) is 5.53. The van der Waals surface area contributed by atoms with Gasteiger partial charge in [-0.3, -0.25) is 9.59 Å². The molecule has 0 aromatic heterocycles. The smallest absolute Gasteiger partial charge is 0.311 e. The molecule has 0 saturated heterocycles. The van der Waals surface area contributed by atoms with Crippen LogP contribution in [0.5, 0.6) is 0 Å². The van der Waals surface area contributed by atoms with Crippen LogP contribution < -0.4 is 0 Å². The summed E-state index contributed by atoms with van der Waals surface area (Å²) in [4.78, 5) is 23.0. The van der Waals surface area contributed by atoms with Crippen LogP contribution in [-0.4, -0.2) is 18.2 Å². The van der Waals surface area contributed by atoms with E-state index in [1.54, 1.807) is 13.8 Å². The predicted molar refractivity (Wildman–Crippen MR) is 65.2 cm³/mol. The zero-order valence-corrected chi connectivity index (χ0v) is 11.7. The van der Waals surface area contributed by atoms with E-state index in [4.69, 9.17) is 9.47 Å². The third-order valence-electron chi connectivity index (χ3n) is 2.09. The lowest BCUT2D eigenvalue weighted by atomic mass is 9.96. The van der Waals surface area contributed by atoms with E-state index in [-0.39, 0.29) is 17.9 Å². The first-order valence-electron chi connectivity index (χ1n) is 6.08. The van der Waals surface area contributed by atoms with Crippen molar-refractivity contribution in [2.75, 3.05) is 0 Å². The Morgan fingerprint density at radius 3 is 2.00 bits per heavy atom. The Morgan fingerprint density at radius 2 is 1.65 bits per heavy atom. The Bertz CT molecular complexity index is 263. The number of carbonyl (C=O) groups is 2. The largest absolute Gasteiger partial charge is 0.425 e. The Morgan fingerprint density at radius 1 is 1.12 bits per heavy atom. The normalized spacial score (nSPS) is 13.4. The van der Waals surface area contributed by atoms with Crippen LogP contribution in [0.4, 0.5) is 0 Å². The fourth-order valence-electron chi connectivity index (χ4n) is 1.00. The van der Waals surface area contributed by atoms with Crippen LogP contribution in [-0.2, 0) is 19.1 Å². The molecule has 0 N–H and O–H groups in total. The quantitative estimate of drug-likeness (QED) is 0.551. The summed E-state index contributed by atoms with van der Waals surface area (Å²) >= 11 is 0. The lowest BCUT2D eigenvalue weighted by Crippen LogP contribution is -2.37. The highest BCUT2D eigenvalue weighted by atomic mass is 16.7. The molecule has 0 aliphatic rings. The van der Waals surface area contributed by atoms with Gasteiger partial charge in [-0.1, -0.05) is 41.5 Å². The summed E-state index contributed by atoms with van der Waals surface area (Å²) in [6, 6.07) is 0. The van der Waals surface area contributed by atoms with Crippen molar-refractivity contribution in [2.45, 2.75) is 60.7 Å². The van der Waals surface area contributed by atoms with Crippen molar-refractivity contribution in [1.82, 2.24) is 0 Å². The van der Waals surface area contributed by atoms with Gasteiger partial charge in [-0.25, -0.2) is 0 Å². The molecule has 0 bridgehead atoms. The Balaban J connectivity index is 4.56. The lowest BCUT2D eigenvalue weighted by molar-refractivity contribution is -0.209. The second-order valence-electron chi connectivity index (χ2n) is 5.53.